The van der Waals surface area contributed by atoms with Crippen LogP contribution in [-0.2, 0) is 6.54 Å². The molecule has 98 valence electrons. The fourth-order valence-corrected chi connectivity index (χ4v) is 1.98. The van der Waals surface area contributed by atoms with Crippen molar-refractivity contribution < 1.29 is 4.79 Å². The molecule has 0 aliphatic carbocycles. The van der Waals surface area contributed by atoms with Crippen molar-refractivity contribution in [2.75, 3.05) is 12.8 Å². The number of hydrogen-bond acceptors (Lipinski definition) is 3. The molecule has 1 amide bonds. The van der Waals surface area contributed by atoms with E-state index in [2.05, 4.69) is 20.9 Å². The highest BCUT2D eigenvalue weighted by Crippen LogP contribution is 2.21. The van der Waals surface area contributed by atoms with Crippen LogP contribution in [0.4, 0.5) is 5.69 Å². The van der Waals surface area contributed by atoms with Crippen molar-refractivity contribution >= 4 is 27.5 Å². The van der Waals surface area contributed by atoms with E-state index in [-0.39, 0.29) is 5.91 Å². The van der Waals surface area contributed by atoms with Crippen molar-refractivity contribution in [3.05, 3.63) is 58.3 Å². The standard InChI is InChI=1S/C14H14BrN3O/c1-18(9-10-3-2-6-17-8-10)14(19)11-4-5-12(15)13(16)7-11/h2-8H,9,16H2,1H3. The van der Waals surface area contributed by atoms with Gasteiger partial charge in [-0.15, -0.1) is 0 Å². The second kappa shape index (κ2) is 5.84. The summed E-state index contributed by atoms with van der Waals surface area (Å²) in [6.07, 6.45) is 3.46. The van der Waals surface area contributed by atoms with Crippen LogP contribution in [-0.4, -0.2) is 22.8 Å². The summed E-state index contributed by atoms with van der Waals surface area (Å²) in [5.41, 5.74) is 7.90. The highest BCUT2D eigenvalue weighted by Gasteiger charge is 2.13. The highest BCUT2D eigenvalue weighted by molar-refractivity contribution is 9.10. The van der Waals surface area contributed by atoms with Crippen molar-refractivity contribution in [1.82, 2.24) is 9.88 Å². The Hall–Kier alpha value is -1.88. The zero-order valence-electron chi connectivity index (χ0n) is 10.5. The van der Waals surface area contributed by atoms with Crippen molar-refractivity contribution in [3.8, 4) is 0 Å². The molecule has 0 unspecified atom stereocenters. The number of hydrogen-bond donors (Lipinski definition) is 1. The number of nitrogen functional groups attached to an aromatic ring is 1. The molecule has 2 rings (SSSR count). The van der Waals surface area contributed by atoms with E-state index in [9.17, 15) is 4.79 Å². The van der Waals surface area contributed by atoms with Gasteiger partial charge in [0.25, 0.3) is 5.91 Å². The summed E-state index contributed by atoms with van der Waals surface area (Å²) in [5, 5.41) is 0. The minimum absolute atomic E-state index is 0.0666. The van der Waals surface area contributed by atoms with E-state index in [1.165, 1.54) is 0 Å². The van der Waals surface area contributed by atoms with Crippen LogP contribution < -0.4 is 5.73 Å². The average Bonchev–Trinajstić information content (AvgIpc) is 2.42. The van der Waals surface area contributed by atoms with Gasteiger partial charge in [0.1, 0.15) is 0 Å². The molecule has 0 saturated heterocycles. The lowest BCUT2D eigenvalue weighted by Crippen LogP contribution is -2.26. The molecule has 1 aromatic heterocycles. The Morgan fingerprint density at radius 3 is 2.84 bits per heavy atom. The third-order valence-electron chi connectivity index (χ3n) is 2.73. The Kier molecular flexibility index (Phi) is 4.16. The monoisotopic (exact) mass is 319 g/mol. The molecule has 0 saturated carbocycles. The number of amides is 1. The van der Waals surface area contributed by atoms with Gasteiger partial charge in [-0.1, -0.05) is 6.07 Å². The normalized spacial score (nSPS) is 10.2. The molecule has 0 aliphatic rings. The lowest BCUT2D eigenvalue weighted by Gasteiger charge is -2.17. The molecule has 0 bridgehead atoms. The molecular formula is C14H14BrN3O. The third kappa shape index (κ3) is 3.32. The molecule has 1 aromatic carbocycles. The number of pyridine rings is 1. The maximum absolute atomic E-state index is 12.2. The van der Waals surface area contributed by atoms with Gasteiger partial charge in [0.2, 0.25) is 0 Å². The molecule has 19 heavy (non-hydrogen) atoms. The average molecular weight is 320 g/mol. The summed E-state index contributed by atoms with van der Waals surface area (Å²) in [5.74, 6) is -0.0666. The number of carbonyl (C=O) groups excluding carboxylic acids is 1. The van der Waals surface area contributed by atoms with Crippen molar-refractivity contribution in [2.45, 2.75) is 6.54 Å². The number of anilines is 1. The van der Waals surface area contributed by atoms with E-state index >= 15 is 0 Å². The van der Waals surface area contributed by atoms with Gasteiger partial charge in [-0.2, -0.15) is 0 Å². The summed E-state index contributed by atoms with van der Waals surface area (Å²) in [4.78, 5) is 17.9. The van der Waals surface area contributed by atoms with Gasteiger partial charge in [0, 0.05) is 41.7 Å². The smallest absolute Gasteiger partial charge is 0.253 e. The Morgan fingerprint density at radius 1 is 1.42 bits per heavy atom. The zero-order valence-corrected chi connectivity index (χ0v) is 12.1. The molecule has 5 heteroatoms. The number of rotatable bonds is 3. The molecule has 0 radical (unpaired) electrons. The first-order valence-corrected chi connectivity index (χ1v) is 6.56. The van der Waals surface area contributed by atoms with Gasteiger partial charge in [-0.25, -0.2) is 0 Å². The summed E-state index contributed by atoms with van der Waals surface area (Å²) in [7, 11) is 1.76. The van der Waals surface area contributed by atoms with Gasteiger partial charge in [0.05, 0.1) is 0 Å². The SMILES string of the molecule is CN(Cc1cccnc1)C(=O)c1ccc(Br)c(N)c1. The lowest BCUT2D eigenvalue weighted by atomic mass is 10.1. The van der Waals surface area contributed by atoms with E-state index in [4.69, 9.17) is 5.73 Å². The van der Waals surface area contributed by atoms with E-state index in [1.54, 1.807) is 42.5 Å². The Bertz CT molecular complexity index is 586. The second-order valence-electron chi connectivity index (χ2n) is 4.26. The molecule has 0 spiro atoms. The Balaban J connectivity index is 2.12. The van der Waals surface area contributed by atoms with E-state index < -0.39 is 0 Å². The Morgan fingerprint density at radius 2 is 2.21 bits per heavy atom. The highest BCUT2D eigenvalue weighted by atomic mass is 79.9. The first-order chi connectivity index (χ1) is 9.08. The summed E-state index contributed by atoms with van der Waals surface area (Å²) in [6, 6.07) is 8.99. The van der Waals surface area contributed by atoms with Gasteiger partial charge < -0.3 is 10.6 Å². The van der Waals surface area contributed by atoms with E-state index in [1.807, 2.05) is 12.1 Å². The fourth-order valence-electron chi connectivity index (χ4n) is 1.73. The molecule has 4 nitrogen and oxygen atoms in total. The number of nitrogens with two attached hydrogens (primary N) is 1. The molecule has 0 aliphatic heterocycles. The molecule has 0 atom stereocenters. The van der Waals surface area contributed by atoms with Gasteiger partial charge in [-0.3, -0.25) is 9.78 Å². The molecular weight excluding hydrogens is 306 g/mol. The maximum Gasteiger partial charge on any atom is 0.253 e. The minimum atomic E-state index is -0.0666. The summed E-state index contributed by atoms with van der Waals surface area (Å²) < 4.78 is 0.791. The number of aromatic nitrogens is 1. The van der Waals surface area contributed by atoms with Gasteiger partial charge >= 0.3 is 0 Å². The zero-order chi connectivity index (χ0) is 13.8. The van der Waals surface area contributed by atoms with Crippen LogP contribution in [0, 0.1) is 0 Å². The Labute approximate surface area is 120 Å². The number of nitrogens with zero attached hydrogens (tertiary/aromatic N) is 2. The van der Waals surface area contributed by atoms with Crippen LogP contribution in [0.15, 0.2) is 47.2 Å². The molecule has 0 fully saturated rings. The van der Waals surface area contributed by atoms with E-state index in [0.717, 1.165) is 10.0 Å². The number of benzene rings is 1. The second-order valence-corrected chi connectivity index (χ2v) is 5.11. The van der Waals surface area contributed by atoms with Crippen LogP contribution in [0.25, 0.3) is 0 Å². The predicted molar refractivity (Wildman–Crippen MR) is 78.6 cm³/mol. The van der Waals surface area contributed by atoms with Crippen LogP contribution in [0.2, 0.25) is 0 Å². The van der Waals surface area contributed by atoms with Crippen molar-refractivity contribution in [2.24, 2.45) is 0 Å². The molecule has 2 aromatic rings. The number of carbonyl (C=O) groups is 1. The fraction of sp³-hybridized carbons (Fsp3) is 0.143. The summed E-state index contributed by atoms with van der Waals surface area (Å²) in [6.45, 7) is 0.517. The van der Waals surface area contributed by atoms with Gasteiger partial charge in [-0.05, 0) is 45.8 Å². The first-order valence-electron chi connectivity index (χ1n) is 5.77. The van der Waals surface area contributed by atoms with Crippen LogP contribution in [0.3, 0.4) is 0 Å². The lowest BCUT2D eigenvalue weighted by molar-refractivity contribution is 0.0785. The topological polar surface area (TPSA) is 59.2 Å². The molecule has 2 N–H and O–H groups in total. The van der Waals surface area contributed by atoms with Crippen molar-refractivity contribution in [1.29, 1.82) is 0 Å². The summed E-state index contributed by atoms with van der Waals surface area (Å²) >= 11 is 3.31. The maximum atomic E-state index is 12.2. The van der Waals surface area contributed by atoms with Crippen LogP contribution in [0.1, 0.15) is 15.9 Å². The largest absolute Gasteiger partial charge is 0.398 e. The van der Waals surface area contributed by atoms with E-state index in [0.29, 0.717) is 17.8 Å². The van der Waals surface area contributed by atoms with Gasteiger partial charge in [0.15, 0.2) is 0 Å². The third-order valence-corrected chi connectivity index (χ3v) is 3.45. The number of halogens is 1. The molecule has 1 heterocycles. The quantitative estimate of drug-likeness (QED) is 0.885. The van der Waals surface area contributed by atoms with Crippen LogP contribution in [0.5, 0.6) is 0 Å². The minimum Gasteiger partial charge on any atom is -0.398 e. The predicted octanol–water partition coefficient (Wildman–Crippen LogP) is 2.70. The van der Waals surface area contributed by atoms with Crippen LogP contribution >= 0.6 is 15.9 Å². The first kappa shape index (κ1) is 13.5. The van der Waals surface area contributed by atoms with Crippen molar-refractivity contribution in [3.63, 3.8) is 0 Å².